The van der Waals surface area contributed by atoms with Gasteiger partial charge in [0.1, 0.15) is 0 Å². The second kappa shape index (κ2) is 4.19. The summed E-state index contributed by atoms with van der Waals surface area (Å²) < 4.78 is 1.40. The first-order chi connectivity index (χ1) is 11.1. The largest absolute Gasteiger partial charge is 0.0700 e. The number of hydrogen-bond acceptors (Lipinski definition) is 0. The van der Waals surface area contributed by atoms with Gasteiger partial charge in [0.25, 0.3) is 0 Å². The minimum atomic E-state index is 0.253. The summed E-state index contributed by atoms with van der Waals surface area (Å²) in [6.07, 6.45) is 3.70. The summed E-state index contributed by atoms with van der Waals surface area (Å²) in [7, 11) is 0. The van der Waals surface area contributed by atoms with Crippen molar-refractivity contribution in [3.63, 3.8) is 0 Å². The molecule has 0 unspecified atom stereocenters. The number of hydrogen-bond donors (Lipinski definition) is 0. The third kappa shape index (κ3) is 1.26. The van der Waals surface area contributed by atoms with Gasteiger partial charge in [0.05, 0.1) is 0 Å². The summed E-state index contributed by atoms with van der Waals surface area (Å²) in [5.74, 6) is 1.39. The first-order valence-corrected chi connectivity index (χ1v) is 9.35. The molecule has 0 N–H and O–H groups in total. The van der Waals surface area contributed by atoms with E-state index in [1.54, 1.807) is 0 Å². The van der Waals surface area contributed by atoms with Crippen LogP contribution in [0, 0.1) is 17.3 Å². The van der Waals surface area contributed by atoms with Crippen LogP contribution in [-0.2, 0) is 10.8 Å². The van der Waals surface area contributed by atoms with E-state index in [0.29, 0.717) is 11.3 Å². The molecule has 5 rings (SSSR count). The molecule has 116 valence electrons. The molecule has 0 radical (unpaired) electrons. The van der Waals surface area contributed by atoms with E-state index in [4.69, 9.17) is 0 Å². The molecule has 2 saturated carbocycles. The second-order valence-electron chi connectivity index (χ2n) is 7.92. The Bertz CT molecular complexity index is 804. The molecule has 2 aromatic carbocycles. The second-order valence-corrected chi connectivity index (χ2v) is 8.94. The molecule has 3 aliphatic rings. The monoisotopic (exact) mass is 364 g/mol. The van der Waals surface area contributed by atoms with Crippen LogP contribution in [0.3, 0.4) is 0 Å². The number of rotatable bonds is 2. The molecule has 0 nitrogen and oxygen atoms in total. The van der Waals surface area contributed by atoms with Crippen molar-refractivity contribution in [1.82, 2.24) is 0 Å². The smallest absolute Gasteiger partial charge is 0.0184 e. The van der Waals surface area contributed by atoms with Crippen molar-refractivity contribution in [2.45, 2.75) is 31.1 Å². The Hall–Kier alpha value is -1.34. The Kier molecular flexibility index (Phi) is 2.56. The van der Waals surface area contributed by atoms with E-state index >= 15 is 0 Å². The van der Waals surface area contributed by atoms with Gasteiger partial charge in [-0.15, -0.1) is 0 Å². The van der Waals surface area contributed by atoms with Gasteiger partial charge in [-0.2, -0.15) is 0 Å². The molecule has 2 aromatic rings. The predicted molar refractivity (Wildman–Crippen MR) is 98.6 cm³/mol. The van der Waals surface area contributed by atoms with Crippen LogP contribution in [0.25, 0.3) is 0 Å². The average molecular weight is 365 g/mol. The summed E-state index contributed by atoms with van der Waals surface area (Å²) in [6.45, 7) is 4.99. The molecule has 23 heavy (non-hydrogen) atoms. The highest BCUT2D eigenvalue weighted by Gasteiger charge is 2.95. The molecular formula is C22H21Br. The van der Waals surface area contributed by atoms with Crippen LogP contribution in [0.5, 0.6) is 0 Å². The molecule has 3 aliphatic carbocycles. The van der Waals surface area contributed by atoms with E-state index in [1.165, 1.54) is 22.0 Å². The highest BCUT2D eigenvalue weighted by molar-refractivity contribution is 9.11. The maximum Gasteiger partial charge on any atom is 0.0184 e. The molecule has 0 heterocycles. The van der Waals surface area contributed by atoms with Gasteiger partial charge in [0.2, 0.25) is 0 Å². The molecule has 1 heteroatoms. The van der Waals surface area contributed by atoms with Gasteiger partial charge >= 0.3 is 0 Å². The Morgan fingerprint density at radius 3 is 1.91 bits per heavy atom. The van der Waals surface area contributed by atoms with Gasteiger partial charge in [0, 0.05) is 10.8 Å². The van der Waals surface area contributed by atoms with Crippen LogP contribution < -0.4 is 0 Å². The third-order valence-corrected chi connectivity index (χ3v) is 7.84. The van der Waals surface area contributed by atoms with Crippen molar-refractivity contribution in [2.75, 3.05) is 0 Å². The third-order valence-electron chi connectivity index (χ3n) is 7.25. The Balaban J connectivity index is 1.78. The Morgan fingerprint density at radius 1 is 0.826 bits per heavy atom. The van der Waals surface area contributed by atoms with E-state index in [1.807, 2.05) is 0 Å². The van der Waals surface area contributed by atoms with Gasteiger partial charge in [-0.25, -0.2) is 0 Å². The average Bonchev–Trinajstić information content (AvgIpc) is 2.73. The van der Waals surface area contributed by atoms with Crippen LogP contribution in [0.1, 0.15) is 31.4 Å². The fourth-order valence-electron chi connectivity index (χ4n) is 6.83. The first-order valence-electron chi connectivity index (χ1n) is 8.55. The zero-order valence-corrected chi connectivity index (χ0v) is 15.2. The normalized spacial score (nSPS) is 39.0. The minimum absolute atomic E-state index is 0.253. The zero-order valence-electron chi connectivity index (χ0n) is 13.6. The molecule has 0 amide bonds. The van der Waals surface area contributed by atoms with Crippen LogP contribution in [0.15, 0.2) is 71.2 Å². The van der Waals surface area contributed by atoms with Gasteiger partial charge in [-0.3, -0.25) is 0 Å². The van der Waals surface area contributed by atoms with Crippen molar-refractivity contribution in [3.8, 4) is 0 Å². The predicted octanol–water partition coefficient (Wildman–Crippen LogP) is 5.83. The van der Waals surface area contributed by atoms with Crippen LogP contribution in [-0.4, -0.2) is 0 Å². The number of benzene rings is 2. The van der Waals surface area contributed by atoms with Gasteiger partial charge in [-0.1, -0.05) is 96.5 Å². The highest BCUT2D eigenvalue weighted by Crippen LogP contribution is 2.94. The SMILES string of the molecule is CC1(C)[C@@]2(c3ccccc3)[C@H]3C=C(Br)C[C@@H]3[C@]12c1ccccc1. The van der Waals surface area contributed by atoms with Crippen molar-refractivity contribution in [2.24, 2.45) is 17.3 Å². The lowest BCUT2D eigenvalue weighted by molar-refractivity contribution is 0.145. The van der Waals surface area contributed by atoms with E-state index in [2.05, 4.69) is 96.5 Å². The van der Waals surface area contributed by atoms with Crippen LogP contribution >= 0.6 is 15.9 Å². The van der Waals surface area contributed by atoms with Gasteiger partial charge in [0.15, 0.2) is 0 Å². The molecule has 4 atom stereocenters. The van der Waals surface area contributed by atoms with Gasteiger partial charge < -0.3 is 0 Å². The van der Waals surface area contributed by atoms with Crippen molar-refractivity contribution >= 4 is 15.9 Å². The summed E-state index contributed by atoms with van der Waals surface area (Å²) in [6, 6.07) is 22.5. The Labute approximate surface area is 146 Å². The molecule has 0 bridgehead atoms. The molecular weight excluding hydrogens is 344 g/mol. The van der Waals surface area contributed by atoms with Gasteiger partial charge in [-0.05, 0) is 39.3 Å². The number of allylic oxidation sites excluding steroid dienone is 2. The quantitative estimate of drug-likeness (QED) is 0.628. The topological polar surface area (TPSA) is 0 Å². The van der Waals surface area contributed by atoms with E-state index in [9.17, 15) is 0 Å². The van der Waals surface area contributed by atoms with Crippen LogP contribution in [0.4, 0.5) is 0 Å². The lowest BCUT2D eigenvalue weighted by Gasteiger charge is -2.48. The van der Waals surface area contributed by atoms with Crippen LogP contribution in [0.2, 0.25) is 0 Å². The lowest BCUT2D eigenvalue weighted by atomic mass is 9.54. The standard InChI is InChI=1S/C22H21Br/c1-20(2)21(15-9-5-3-6-10-15)18-13-17(23)14-19(18)22(20,21)16-11-7-4-8-12-16/h3-13,18-19H,14H2,1-2H3/t18-,19-,21+,22+/m0/s1. The molecule has 0 aliphatic heterocycles. The molecule has 2 fully saturated rings. The Morgan fingerprint density at radius 2 is 1.35 bits per heavy atom. The highest BCUT2D eigenvalue weighted by atomic mass is 79.9. The molecule has 0 aromatic heterocycles. The maximum atomic E-state index is 3.80. The van der Waals surface area contributed by atoms with Crippen molar-refractivity contribution < 1.29 is 0 Å². The number of fused-ring (bicyclic) bond motifs is 4. The molecule has 0 spiro atoms. The lowest BCUT2D eigenvalue weighted by Crippen LogP contribution is -2.49. The number of halogens is 1. The summed E-state index contributed by atoms with van der Waals surface area (Å²) >= 11 is 3.80. The van der Waals surface area contributed by atoms with Crippen molar-refractivity contribution in [1.29, 1.82) is 0 Å². The summed E-state index contributed by atoms with van der Waals surface area (Å²) in [5, 5.41) is 0. The van der Waals surface area contributed by atoms with E-state index in [0.717, 1.165) is 5.92 Å². The maximum absolute atomic E-state index is 3.80. The summed E-state index contributed by atoms with van der Waals surface area (Å²) in [5.41, 5.74) is 3.88. The first kappa shape index (κ1) is 14.0. The van der Waals surface area contributed by atoms with Crippen molar-refractivity contribution in [3.05, 3.63) is 82.3 Å². The van der Waals surface area contributed by atoms with E-state index < -0.39 is 0 Å². The fraction of sp³-hybridized carbons (Fsp3) is 0.364. The zero-order chi connectivity index (χ0) is 15.9. The fourth-order valence-corrected chi connectivity index (χ4v) is 7.47. The van der Waals surface area contributed by atoms with E-state index in [-0.39, 0.29) is 10.8 Å². The molecule has 0 saturated heterocycles. The summed E-state index contributed by atoms with van der Waals surface area (Å²) in [4.78, 5) is 0. The minimum Gasteiger partial charge on any atom is -0.0700 e.